The second-order valence-electron chi connectivity index (χ2n) is 8.34. The van der Waals surface area contributed by atoms with Crippen molar-refractivity contribution < 1.29 is 18.0 Å². The molecule has 2 aliphatic rings. The first-order valence-electron chi connectivity index (χ1n) is 10.9. The molecule has 0 amide bonds. The van der Waals surface area contributed by atoms with E-state index < -0.39 is 17.7 Å². The van der Waals surface area contributed by atoms with Crippen LogP contribution < -0.4 is 4.90 Å². The van der Waals surface area contributed by atoms with E-state index in [1.54, 1.807) is 40.1 Å². The summed E-state index contributed by atoms with van der Waals surface area (Å²) < 4.78 is 42.5. The molecule has 1 aromatic carbocycles. The topological polar surface area (TPSA) is 49.0 Å². The molecule has 2 aromatic heterocycles. The van der Waals surface area contributed by atoms with Crippen molar-refractivity contribution in [2.24, 2.45) is 0 Å². The predicted octanol–water partition coefficient (Wildman–Crippen LogP) is 6.88. The Morgan fingerprint density at radius 3 is 2.50 bits per heavy atom. The number of aromatic nitrogens is 1. The summed E-state index contributed by atoms with van der Waals surface area (Å²) in [7, 11) is 0. The van der Waals surface area contributed by atoms with Crippen molar-refractivity contribution in [1.29, 1.82) is 5.26 Å². The highest BCUT2D eigenvalue weighted by Gasteiger charge is 2.42. The van der Waals surface area contributed by atoms with Crippen molar-refractivity contribution in [3.05, 3.63) is 93.1 Å². The number of nitrogens with zero attached hydrogens (tertiary/aromatic N) is 3. The minimum absolute atomic E-state index is 0.0615. The van der Waals surface area contributed by atoms with Crippen LogP contribution in [0.5, 0.6) is 0 Å². The second-order valence-corrected chi connectivity index (χ2v) is 9.66. The maximum absolute atomic E-state index is 13.6. The molecule has 1 atom stereocenters. The number of allylic oxidation sites excluding steroid dienone is 3. The third kappa shape index (κ3) is 3.66. The van der Waals surface area contributed by atoms with Gasteiger partial charge in [-0.1, -0.05) is 6.07 Å². The molecule has 0 spiro atoms. The molecule has 0 bridgehead atoms. The summed E-state index contributed by atoms with van der Waals surface area (Å²) in [5.74, 6) is -0.157. The molecule has 4 nitrogen and oxygen atoms in total. The molecule has 0 radical (unpaired) electrons. The van der Waals surface area contributed by atoms with E-state index >= 15 is 0 Å². The number of thiophene rings is 1. The van der Waals surface area contributed by atoms with Crippen LogP contribution in [0.4, 0.5) is 18.9 Å². The Labute approximate surface area is 198 Å². The van der Waals surface area contributed by atoms with Crippen LogP contribution in [0.25, 0.3) is 5.82 Å². The molecule has 0 saturated heterocycles. The zero-order valence-electron chi connectivity index (χ0n) is 18.3. The number of anilines is 1. The molecule has 8 heteroatoms. The van der Waals surface area contributed by atoms with Gasteiger partial charge in [0.15, 0.2) is 5.78 Å². The highest BCUT2D eigenvalue weighted by atomic mass is 32.1. The van der Waals surface area contributed by atoms with Crippen LogP contribution in [0.3, 0.4) is 0 Å². The standard InChI is InChI=1S/C26H20F3N3OS/c1-16-10-11-22(34-16)23-19(15-30)25(31-12-2-3-13-31)32(20-8-5-9-21(33)24(20)23)18-7-4-6-17(14-18)26(27,28)29/h2-4,6-7,10-14,23H,5,8-9H2,1H3. The van der Waals surface area contributed by atoms with Gasteiger partial charge in [0, 0.05) is 45.5 Å². The Kier molecular flexibility index (Phi) is 5.45. The van der Waals surface area contributed by atoms with Crippen molar-refractivity contribution in [2.75, 3.05) is 4.90 Å². The average Bonchev–Trinajstić information content (AvgIpc) is 3.49. The summed E-state index contributed by atoms with van der Waals surface area (Å²) in [6, 6.07) is 14.9. The lowest BCUT2D eigenvalue weighted by Gasteiger charge is -2.41. The van der Waals surface area contributed by atoms with Crippen molar-refractivity contribution in [3.63, 3.8) is 0 Å². The van der Waals surface area contributed by atoms with Crippen LogP contribution in [0, 0.1) is 18.3 Å². The third-order valence-electron chi connectivity index (χ3n) is 6.18. The molecule has 1 aliphatic heterocycles. The zero-order valence-corrected chi connectivity index (χ0v) is 19.1. The minimum Gasteiger partial charge on any atom is -0.309 e. The zero-order chi connectivity index (χ0) is 24.0. The molecule has 1 unspecified atom stereocenters. The SMILES string of the molecule is Cc1ccc(C2C(C#N)=C(n3cccc3)N(c3cccc(C(F)(F)F)c3)C3=C2C(=O)CCC3)s1. The highest BCUT2D eigenvalue weighted by Crippen LogP contribution is 2.50. The van der Waals surface area contributed by atoms with Crippen molar-refractivity contribution in [1.82, 2.24) is 4.57 Å². The summed E-state index contributed by atoms with van der Waals surface area (Å²) in [5.41, 5.74) is 1.00. The molecule has 172 valence electrons. The average molecular weight is 480 g/mol. The monoisotopic (exact) mass is 479 g/mol. The normalized spacial score (nSPS) is 18.9. The van der Waals surface area contributed by atoms with Gasteiger partial charge >= 0.3 is 6.18 Å². The maximum atomic E-state index is 13.6. The molecule has 0 fully saturated rings. The van der Waals surface area contributed by atoms with Gasteiger partial charge in [-0.2, -0.15) is 18.4 Å². The molecule has 3 aromatic rings. The summed E-state index contributed by atoms with van der Waals surface area (Å²) in [5, 5.41) is 10.4. The largest absolute Gasteiger partial charge is 0.416 e. The van der Waals surface area contributed by atoms with Crippen LogP contribution in [0.2, 0.25) is 0 Å². The lowest BCUT2D eigenvalue weighted by Crippen LogP contribution is -2.36. The first-order chi connectivity index (χ1) is 16.3. The van der Waals surface area contributed by atoms with E-state index in [9.17, 15) is 23.2 Å². The van der Waals surface area contributed by atoms with Gasteiger partial charge in [0.1, 0.15) is 5.82 Å². The number of Topliss-reactive ketones (excluding diaryl/α,β-unsaturated/α-hetero) is 1. The molecule has 34 heavy (non-hydrogen) atoms. The number of carbonyl (C=O) groups is 1. The van der Waals surface area contributed by atoms with Gasteiger partial charge in [-0.3, -0.25) is 9.69 Å². The summed E-state index contributed by atoms with van der Waals surface area (Å²) in [6.07, 6.45) is 0.498. The van der Waals surface area contributed by atoms with Crippen LogP contribution in [-0.2, 0) is 11.0 Å². The second kappa shape index (κ2) is 8.33. The van der Waals surface area contributed by atoms with Crippen molar-refractivity contribution in [2.45, 2.75) is 38.3 Å². The van der Waals surface area contributed by atoms with E-state index in [0.29, 0.717) is 41.9 Å². The Morgan fingerprint density at radius 2 is 1.85 bits per heavy atom. The van der Waals surface area contributed by atoms with E-state index in [1.807, 2.05) is 19.1 Å². The number of benzene rings is 1. The number of hydrogen-bond acceptors (Lipinski definition) is 4. The smallest absolute Gasteiger partial charge is 0.309 e. The number of halogens is 3. The molecular formula is C26H20F3N3OS. The van der Waals surface area contributed by atoms with E-state index in [4.69, 9.17) is 0 Å². The first-order valence-corrected chi connectivity index (χ1v) is 11.7. The minimum atomic E-state index is -4.52. The van der Waals surface area contributed by atoms with E-state index in [2.05, 4.69) is 6.07 Å². The Morgan fingerprint density at radius 1 is 1.09 bits per heavy atom. The van der Waals surface area contributed by atoms with Gasteiger partial charge < -0.3 is 4.57 Å². The van der Waals surface area contributed by atoms with E-state index in [1.165, 1.54) is 17.4 Å². The van der Waals surface area contributed by atoms with Gasteiger partial charge in [-0.05, 0) is 62.2 Å². The van der Waals surface area contributed by atoms with Gasteiger partial charge in [-0.25, -0.2) is 0 Å². The van der Waals surface area contributed by atoms with Gasteiger partial charge in [0.25, 0.3) is 0 Å². The fourth-order valence-corrected chi connectivity index (χ4v) is 5.76. The van der Waals surface area contributed by atoms with Crippen molar-refractivity contribution >= 4 is 28.6 Å². The lowest BCUT2D eigenvalue weighted by atomic mass is 9.78. The third-order valence-corrected chi connectivity index (χ3v) is 7.24. The molecule has 3 heterocycles. The molecule has 1 aliphatic carbocycles. The van der Waals surface area contributed by atoms with Gasteiger partial charge in [0.2, 0.25) is 0 Å². The molecule has 5 rings (SSSR count). The molecule has 0 saturated carbocycles. The predicted molar refractivity (Wildman–Crippen MR) is 125 cm³/mol. The van der Waals surface area contributed by atoms with Crippen LogP contribution in [-0.4, -0.2) is 10.4 Å². The van der Waals surface area contributed by atoms with Crippen molar-refractivity contribution in [3.8, 4) is 6.07 Å². The van der Waals surface area contributed by atoms with Gasteiger partial charge in [-0.15, -0.1) is 11.3 Å². The fourth-order valence-electron chi connectivity index (χ4n) is 4.77. The van der Waals surface area contributed by atoms with Crippen LogP contribution in [0.1, 0.15) is 40.5 Å². The number of rotatable bonds is 3. The maximum Gasteiger partial charge on any atom is 0.416 e. The molecular weight excluding hydrogens is 459 g/mol. The Hall–Kier alpha value is -3.57. The first kappa shape index (κ1) is 22.2. The van der Waals surface area contributed by atoms with E-state index in [-0.39, 0.29) is 11.5 Å². The quantitative estimate of drug-likeness (QED) is 0.411. The van der Waals surface area contributed by atoms with E-state index in [0.717, 1.165) is 21.9 Å². The number of nitriles is 1. The fraction of sp³-hybridized carbons (Fsp3) is 0.231. The Balaban J connectivity index is 1.83. The summed E-state index contributed by atoms with van der Waals surface area (Å²) in [4.78, 5) is 16.9. The van der Waals surface area contributed by atoms with Crippen LogP contribution in [0.15, 0.2) is 77.8 Å². The van der Waals surface area contributed by atoms with Gasteiger partial charge in [0.05, 0.1) is 23.1 Å². The number of hydrogen-bond donors (Lipinski definition) is 0. The number of carbonyl (C=O) groups excluding carboxylic acids is 1. The summed E-state index contributed by atoms with van der Waals surface area (Å²) >= 11 is 1.53. The lowest BCUT2D eigenvalue weighted by molar-refractivity contribution is -0.137. The number of alkyl halides is 3. The number of aryl methyl sites for hydroxylation is 1. The van der Waals surface area contributed by atoms with Crippen LogP contribution >= 0.6 is 11.3 Å². The molecule has 0 N–H and O–H groups in total. The summed E-state index contributed by atoms with van der Waals surface area (Å²) in [6.45, 7) is 1.96. The Bertz CT molecular complexity index is 1370. The highest BCUT2D eigenvalue weighted by molar-refractivity contribution is 7.12. The number of ketones is 1.